The van der Waals surface area contributed by atoms with E-state index < -0.39 is 11.9 Å². The highest BCUT2D eigenvalue weighted by Gasteiger charge is 2.17. The molecular weight excluding hydrogens is 348 g/mol. The highest BCUT2D eigenvalue weighted by atomic mass is 79.9. The molecule has 0 saturated heterocycles. The third-order valence-electron chi connectivity index (χ3n) is 3.56. The summed E-state index contributed by atoms with van der Waals surface area (Å²) >= 11 is 3.49. The summed E-state index contributed by atoms with van der Waals surface area (Å²) in [5, 5.41) is 8.59. The van der Waals surface area contributed by atoms with E-state index in [0.29, 0.717) is 0 Å². The number of hydrogen-bond donors (Lipinski definition) is 1. The Bertz CT molecular complexity index is 305. The molecule has 0 spiro atoms. The molecule has 2 atom stereocenters. The normalized spacial score (nSPS) is 13.6. The van der Waals surface area contributed by atoms with Crippen LogP contribution >= 0.6 is 15.9 Å². The van der Waals surface area contributed by atoms with Gasteiger partial charge in [0, 0.05) is 4.83 Å². The van der Waals surface area contributed by atoms with Gasteiger partial charge in [-0.1, -0.05) is 68.3 Å². The maximum atomic E-state index is 11.6. The van der Waals surface area contributed by atoms with Crippen molar-refractivity contribution in [3.05, 3.63) is 0 Å². The van der Waals surface area contributed by atoms with E-state index in [4.69, 9.17) is 9.84 Å². The summed E-state index contributed by atoms with van der Waals surface area (Å²) in [4.78, 5) is 22.4. The highest BCUT2D eigenvalue weighted by Crippen LogP contribution is 2.18. The summed E-state index contributed by atoms with van der Waals surface area (Å²) in [7, 11) is 0. The largest absolute Gasteiger partial charge is 0.481 e. The minimum Gasteiger partial charge on any atom is -0.481 e. The van der Waals surface area contributed by atoms with Gasteiger partial charge in [0.2, 0.25) is 0 Å². The Morgan fingerprint density at radius 2 is 1.64 bits per heavy atom. The van der Waals surface area contributed by atoms with Crippen LogP contribution in [-0.4, -0.2) is 28.0 Å². The van der Waals surface area contributed by atoms with Gasteiger partial charge in [-0.15, -0.1) is 0 Å². The van der Waals surface area contributed by atoms with Crippen molar-refractivity contribution in [3.63, 3.8) is 0 Å². The topological polar surface area (TPSA) is 63.6 Å². The zero-order chi connectivity index (χ0) is 16.8. The second-order valence-corrected chi connectivity index (χ2v) is 7.50. The van der Waals surface area contributed by atoms with Crippen molar-refractivity contribution >= 4 is 27.9 Å². The lowest BCUT2D eigenvalue weighted by Crippen LogP contribution is -2.21. The summed E-state index contributed by atoms with van der Waals surface area (Å²) < 4.78 is 5.42. The predicted molar refractivity (Wildman–Crippen MR) is 92.4 cm³/mol. The standard InChI is InChI=1S/C17H31BrO4/c1-3-4-5-6-7-8-9-10-15(13-14(2)18)22-17(21)12-11-16(19)20/h14-15H,3-13H2,1-2H3,(H,19,20). The van der Waals surface area contributed by atoms with E-state index in [1.54, 1.807) is 0 Å². The number of halogens is 1. The van der Waals surface area contributed by atoms with Crippen LogP contribution in [-0.2, 0) is 14.3 Å². The lowest BCUT2D eigenvalue weighted by Gasteiger charge is -2.19. The van der Waals surface area contributed by atoms with Gasteiger partial charge in [-0.05, 0) is 19.3 Å². The van der Waals surface area contributed by atoms with Crippen LogP contribution in [0.3, 0.4) is 0 Å². The molecule has 22 heavy (non-hydrogen) atoms. The van der Waals surface area contributed by atoms with Crippen molar-refractivity contribution in [1.82, 2.24) is 0 Å². The smallest absolute Gasteiger partial charge is 0.306 e. The van der Waals surface area contributed by atoms with Gasteiger partial charge < -0.3 is 9.84 Å². The first kappa shape index (κ1) is 21.4. The zero-order valence-electron chi connectivity index (χ0n) is 14.0. The van der Waals surface area contributed by atoms with Crippen molar-refractivity contribution in [2.45, 2.75) is 95.4 Å². The van der Waals surface area contributed by atoms with Crippen LogP contribution in [0.1, 0.15) is 84.5 Å². The molecule has 0 rings (SSSR count). The second-order valence-electron chi connectivity index (χ2n) is 5.93. The molecule has 0 saturated carbocycles. The monoisotopic (exact) mass is 378 g/mol. The average molecular weight is 379 g/mol. The lowest BCUT2D eigenvalue weighted by atomic mass is 10.0. The van der Waals surface area contributed by atoms with E-state index in [2.05, 4.69) is 22.9 Å². The molecule has 0 aliphatic carbocycles. The van der Waals surface area contributed by atoms with Gasteiger partial charge in [-0.25, -0.2) is 0 Å². The Morgan fingerprint density at radius 3 is 2.18 bits per heavy atom. The number of alkyl halides is 1. The predicted octanol–water partition coefficient (Wildman–Crippen LogP) is 5.08. The number of aliphatic carboxylic acids is 1. The molecular formula is C17H31BrO4. The molecule has 0 amide bonds. The molecule has 2 unspecified atom stereocenters. The summed E-state index contributed by atoms with van der Waals surface area (Å²) in [6.07, 6.45) is 9.96. The van der Waals surface area contributed by atoms with Gasteiger partial charge in [0.1, 0.15) is 6.10 Å². The summed E-state index contributed by atoms with van der Waals surface area (Å²) in [5.41, 5.74) is 0. The summed E-state index contributed by atoms with van der Waals surface area (Å²) in [6, 6.07) is 0. The second kappa shape index (κ2) is 14.0. The van der Waals surface area contributed by atoms with Crippen LogP contribution in [0.15, 0.2) is 0 Å². The van der Waals surface area contributed by atoms with E-state index in [-0.39, 0.29) is 23.8 Å². The fourth-order valence-corrected chi connectivity index (χ4v) is 2.79. The number of carbonyl (C=O) groups excluding carboxylic acids is 1. The van der Waals surface area contributed by atoms with E-state index in [0.717, 1.165) is 19.3 Å². The molecule has 0 radical (unpaired) electrons. The van der Waals surface area contributed by atoms with Gasteiger partial charge >= 0.3 is 11.9 Å². The number of unbranched alkanes of at least 4 members (excludes halogenated alkanes) is 6. The molecule has 0 fully saturated rings. The van der Waals surface area contributed by atoms with Crippen molar-refractivity contribution in [1.29, 1.82) is 0 Å². The molecule has 0 aromatic carbocycles. The van der Waals surface area contributed by atoms with E-state index in [9.17, 15) is 9.59 Å². The van der Waals surface area contributed by atoms with E-state index >= 15 is 0 Å². The first-order valence-electron chi connectivity index (χ1n) is 8.51. The summed E-state index contributed by atoms with van der Waals surface area (Å²) in [6.45, 7) is 4.24. The molecule has 0 aliphatic heterocycles. The molecule has 0 bridgehead atoms. The van der Waals surface area contributed by atoms with Crippen LogP contribution in [0.5, 0.6) is 0 Å². The molecule has 1 N–H and O–H groups in total. The zero-order valence-corrected chi connectivity index (χ0v) is 15.6. The van der Waals surface area contributed by atoms with Crippen LogP contribution < -0.4 is 0 Å². The SMILES string of the molecule is CCCCCCCCCC(CC(C)Br)OC(=O)CCC(=O)O. The Labute approximate surface area is 143 Å². The third-order valence-corrected chi connectivity index (χ3v) is 3.93. The molecule has 0 aliphatic rings. The van der Waals surface area contributed by atoms with Gasteiger partial charge in [0.05, 0.1) is 12.8 Å². The Balaban J connectivity index is 3.92. The van der Waals surface area contributed by atoms with E-state index in [1.165, 1.54) is 38.5 Å². The molecule has 0 aromatic heterocycles. The minimum absolute atomic E-state index is 0.0421. The fourth-order valence-electron chi connectivity index (χ4n) is 2.37. The van der Waals surface area contributed by atoms with E-state index in [1.807, 2.05) is 6.92 Å². The lowest BCUT2D eigenvalue weighted by molar-refractivity contribution is -0.152. The Morgan fingerprint density at radius 1 is 1.05 bits per heavy atom. The number of carboxylic acids is 1. The van der Waals surface area contributed by atoms with Gasteiger partial charge in [0.25, 0.3) is 0 Å². The summed E-state index contributed by atoms with van der Waals surface area (Å²) in [5.74, 6) is -1.36. The van der Waals surface area contributed by atoms with Gasteiger partial charge in [-0.2, -0.15) is 0 Å². The van der Waals surface area contributed by atoms with Crippen molar-refractivity contribution < 1.29 is 19.4 Å². The number of ether oxygens (including phenoxy) is 1. The van der Waals surface area contributed by atoms with Gasteiger partial charge in [-0.3, -0.25) is 9.59 Å². The van der Waals surface area contributed by atoms with Crippen LogP contribution in [0.4, 0.5) is 0 Å². The highest BCUT2D eigenvalue weighted by molar-refractivity contribution is 9.09. The quantitative estimate of drug-likeness (QED) is 0.260. The van der Waals surface area contributed by atoms with Crippen molar-refractivity contribution in [2.75, 3.05) is 0 Å². The molecule has 4 nitrogen and oxygen atoms in total. The first-order valence-corrected chi connectivity index (χ1v) is 9.42. The molecule has 0 heterocycles. The maximum absolute atomic E-state index is 11.6. The molecule has 130 valence electrons. The molecule has 0 aromatic rings. The Kier molecular flexibility index (Phi) is 13.7. The van der Waals surface area contributed by atoms with Crippen LogP contribution in [0.25, 0.3) is 0 Å². The van der Waals surface area contributed by atoms with Crippen molar-refractivity contribution in [2.24, 2.45) is 0 Å². The number of esters is 1. The number of carboxylic acid groups (broad SMARTS) is 1. The third kappa shape index (κ3) is 14.4. The van der Waals surface area contributed by atoms with Crippen molar-refractivity contribution in [3.8, 4) is 0 Å². The number of rotatable bonds is 14. The fraction of sp³-hybridized carbons (Fsp3) is 0.882. The average Bonchev–Trinajstić information content (AvgIpc) is 2.43. The minimum atomic E-state index is -0.963. The maximum Gasteiger partial charge on any atom is 0.306 e. The van der Waals surface area contributed by atoms with Crippen LogP contribution in [0.2, 0.25) is 0 Å². The first-order chi connectivity index (χ1) is 10.5. The van der Waals surface area contributed by atoms with Gasteiger partial charge in [0.15, 0.2) is 0 Å². The molecule has 5 heteroatoms. The Hall–Kier alpha value is -0.580. The number of carbonyl (C=O) groups is 2. The number of hydrogen-bond acceptors (Lipinski definition) is 3. The van der Waals surface area contributed by atoms with Crippen LogP contribution in [0, 0.1) is 0 Å².